The summed E-state index contributed by atoms with van der Waals surface area (Å²) in [6.45, 7) is 2.90. The van der Waals surface area contributed by atoms with Gasteiger partial charge >= 0.3 is 4.87 Å². The van der Waals surface area contributed by atoms with Gasteiger partial charge in [-0.15, -0.1) is 0 Å². The van der Waals surface area contributed by atoms with Crippen molar-refractivity contribution in [1.82, 2.24) is 9.71 Å². The second-order valence-electron chi connectivity index (χ2n) is 3.13. The summed E-state index contributed by atoms with van der Waals surface area (Å²) in [6.07, 6.45) is -0.768. The molecule has 0 bridgehead atoms. The van der Waals surface area contributed by atoms with Crippen LogP contribution in [0, 0.1) is 6.92 Å². The highest BCUT2D eigenvalue weighted by molar-refractivity contribution is 7.91. The van der Waals surface area contributed by atoms with Crippen LogP contribution in [0.4, 0.5) is 0 Å². The lowest BCUT2D eigenvalue weighted by molar-refractivity contribution is 0.198. The first-order chi connectivity index (χ1) is 6.83. The summed E-state index contributed by atoms with van der Waals surface area (Å²) in [4.78, 5) is 12.9. The van der Waals surface area contributed by atoms with Crippen molar-refractivity contribution in [3.63, 3.8) is 0 Å². The summed E-state index contributed by atoms with van der Waals surface area (Å²) in [6, 6.07) is 0. The molecule has 0 radical (unpaired) electrons. The van der Waals surface area contributed by atoms with Gasteiger partial charge < -0.3 is 10.1 Å². The summed E-state index contributed by atoms with van der Waals surface area (Å²) in [5.41, 5.74) is 0.308. The number of aryl methyl sites for hydroxylation is 1. The van der Waals surface area contributed by atoms with Crippen LogP contribution in [0.5, 0.6) is 0 Å². The number of aromatic nitrogens is 1. The third-order valence-corrected chi connectivity index (χ3v) is 4.62. The molecular formula is C7H12N2O4S2. The van der Waals surface area contributed by atoms with Crippen molar-refractivity contribution in [2.75, 3.05) is 6.54 Å². The molecule has 0 aliphatic heterocycles. The molecule has 0 fully saturated rings. The second kappa shape index (κ2) is 4.44. The largest absolute Gasteiger partial charge is 0.392 e. The van der Waals surface area contributed by atoms with Crippen LogP contribution in [0.1, 0.15) is 12.6 Å². The zero-order chi connectivity index (χ0) is 11.6. The van der Waals surface area contributed by atoms with Crippen molar-refractivity contribution in [3.8, 4) is 0 Å². The number of hydrogen-bond donors (Lipinski definition) is 3. The zero-order valence-corrected chi connectivity index (χ0v) is 9.91. The fourth-order valence-electron chi connectivity index (χ4n) is 0.943. The highest BCUT2D eigenvalue weighted by atomic mass is 32.2. The maximum Gasteiger partial charge on any atom is 0.305 e. The number of aromatic amines is 1. The molecule has 86 valence electrons. The molecule has 1 aromatic rings. The summed E-state index contributed by atoms with van der Waals surface area (Å²) in [5, 5.41) is 8.94. The van der Waals surface area contributed by atoms with Gasteiger partial charge in [0.1, 0.15) is 0 Å². The molecule has 1 aromatic heterocycles. The van der Waals surface area contributed by atoms with E-state index in [1.165, 1.54) is 13.8 Å². The molecule has 0 saturated heterocycles. The minimum absolute atomic E-state index is 0.0341. The Balaban J connectivity index is 2.96. The summed E-state index contributed by atoms with van der Waals surface area (Å²) < 4.78 is 25.4. The van der Waals surface area contributed by atoms with Crippen LogP contribution in [0.2, 0.25) is 0 Å². The van der Waals surface area contributed by atoms with E-state index in [0.29, 0.717) is 17.0 Å². The minimum Gasteiger partial charge on any atom is -0.392 e. The number of nitrogens with one attached hydrogen (secondary N) is 2. The Labute approximate surface area is 91.0 Å². The Hall–Kier alpha value is -0.700. The quantitative estimate of drug-likeness (QED) is 0.666. The predicted molar refractivity (Wildman–Crippen MR) is 56.5 cm³/mol. The predicted octanol–water partition coefficient (Wildman–Crippen LogP) is -0.596. The van der Waals surface area contributed by atoms with Gasteiger partial charge in [-0.1, -0.05) is 11.3 Å². The van der Waals surface area contributed by atoms with Gasteiger partial charge in [0.25, 0.3) is 10.0 Å². The van der Waals surface area contributed by atoms with Crippen LogP contribution in [-0.2, 0) is 10.0 Å². The van der Waals surface area contributed by atoms with E-state index in [9.17, 15) is 13.2 Å². The van der Waals surface area contributed by atoms with Crippen LogP contribution in [0.15, 0.2) is 9.00 Å². The first-order valence-corrected chi connectivity index (χ1v) is 6.50. The monoisotopic (exact) mass is 252 g/mol. The van der Waals surface area contributed by atoms with E-state index in [1.807, 2.05) is 0 Å². The Morgan fingerprint density at radius 1 is 1.60 bits per heavy atom. The average molecular weight is 252 g/mol. The Kier molecular flexibility index (Phi) is 3.66. The van der Waals surface area contributed by atoms with Crippen LogP contribution in [-0.4, -0.2) is 31.2 Å². The first-order valence-electron chi connectivity index (χ1n) is 4.20. The molecule has 1 rings (SSSR count). The first kappa shape index (κ1) is 12.4. The highest BCUT2D eigenvalue weighted by Crippen LogP contribution is 2.14. The standard InChI is InChI=1S/C7H12N2O4S2/c1-4(10)3-8-15(12,13)6-5(2)9-7(11)14-6/h4,8,10H,3H2,1-2H3,(H,9,11)/t4-/m0/s1. The molecule has 0 unspecified atom stereocenters. The summed E-state index contributed by atoms with van der Waals surface area (Å²) >= 11 is 0.630. The Morgan fingerprint density at radius 3 is 2.60 bits per heavy atom. The molecule has 0 spiro atoms. The van der Waals surface area contributed by atoms with Gasteiger partial charge in [-0.3, -0.25) is 4.79 Å². The lowest BCUT2D eigenvalue weighted by Crippen LogP contribution is -2.30. The van der Waals surface area contributed by atoms with Crippen molar-refractivity contribution in [1.29, 1.82) is 0 Å². The third kappa shape index (κ3) is 3.13. The smallest absolute Gasteiger partial charge is 0.305 e. The molecule has 3 N–H and O–H groups in total. The van der Waals surface area contributed by atoms with E-state index in [2.05, 4.69) is 9.71 Å². The van der Waals surface area contributed by atoms with Gasteiger partial charge in [0.2, 0.25) is 0 Å². The summed E-state index contributed by atoms with van der Waals surface area (Å²) in [7, 11) is -3.69. The van der Waals surface area contributed by atoms with Crippen molar-refractivity contribution in [2.45, 2.75) is 24.2 Å². The lowest BCUT2D eigenvalue weighted by Gasteiger charge is -2.06. The molecule has 1 heterocycles. The van der Waals surface area contributed by atoms with E-state index in [-0.39, 0.29) is 10.8 Å². The van der Waals surface area contributed by atoms with Gasteiger partial charge in [0, 0.05) is 12.2 Å². The maximum absolute atomic E-state index is 11.6. The van der Waals surface area contributed by atoms with Crippen LogP contribution in [0.25, 0.3) is 0 Å². The van der Waals surface area contributed by atoms with E-state index in [4.69, 9.17) is 5.11 Å². The van der Waals surface area contributed by atoms with Crippen LogP contribution in [0.3, 0.4) is 0 Å². The number of aliphatic hydroxyl groups excluding tert-OH is 1. The fourth-order valence-corrected chi connectivity index (χ4v) is 3.41. The van der Waals surface area contributed by atoms with Crippen LogP contribution < -0.4 is 9.60 Å². The molecule has 0 aromatic carbocycles. The van der Waals surface area contributed by atoms with Crippen molar-refractivity contribution in [3.05, 3.63) is 15.4 Å². The number of rotatable bonds is 4. The van der Waals surface area contributed by atoms with Gasteiger partial charge in [0.15, 0.2) is 4.21 Å². The number of H-pyrrole nitrogens is 1. The third-order valence-electron chi connectivity index (χ3n) is 1.59. The molecule has 0 aliphatic carbocycles. The number of aliphatic hydroxyl groups is 1. The maximum atomic E-state index is 11.6. The zero-order valence-electron chi connectivity index (χ0n) is 8.27. The molecule has 1 atom stereocenters. The van der Waals surface area contributed by atoms with E-state index >= 15 is 0 Å². The van der Waals surface area contributed by atoms with Crippen LogP contribution >= 0.6 is 11.3 Å². The van der Waals surface area contributed by atoms with Gasteiger partial charge in [-0.25, -0.2) is 13.1 Å². The number of hydrogen-bond acceptors (Lipinski definition) is 5. The Bertz CT molecular complexity index is 485. The van der Waals surface area contributed by atoms with Crippen molar-refractivity contribution in [2.24, 2.45) is 0 Å². The molecule has 0 amide bonds. The lowest BCUT2D eigenvalue weighted by atomic mass is 10.4. The van der Waals surface area contributed by atoms with E-state index in [0.717, 1.165) is 0 Å². The molecular weight excluding hydrogens is 240 g/mol. The second-order valence-corrected chi connectivity index (χ2v) is 6.07. The molecule has 0 aliphatic rings. The molecule has 15 heavy (non-hydrogen) atoms. The van der Waals surface area contributed by atoms with Crippen molar-refractivity contribution < 1.29 is 13.5 Å². The van der Waals surface area contributed by atoms with Gasteiger partial charge in [0.05, 0.1) is 6.10 Å². The summed E-state index contributed by atoms with van der Waals surface area (Å²) in [5.74, 6) is 0. The SMILES string of the molecule is Cc1[nH]c(=O)sc1S(=O)(=O)NC[C@H](C)O. The molecule has 0 saturated carbocycles. The van der Waals surface area contributed by atoms with Gasteiger partial charge in [-0.2, -0.15) is 0 Å². The van der Waals surface area contributed by atoms with E-state index < -0.39 is 21.0 Å². The fraction of sp³-hybridized carbons (Fsp3) is 0.571. The average Bonchev–Trinajstić information content (AvgIpc) is 2.43. The van der Waals surface area contributed by atoms with Gasteiger partial charge in [-0.05, 0) is 13.8 Å². The van der Waals surface area contributed by atoms with E-state index in [1.54, 1.807) is 0 Å². The Morgan fingerprint density at radius 2 is 2.20 bits per heavy atom. The number of thiazole rings is 1. The van der Waals surface area contributed by atoms with Crippen molar-refractivity contribution >= 4 is 21.4 Å². The normalized spacial score (nSPS) is 14.1. The minimum atomic E-state index is -3.69. The highest BCUT2D eigenvalue weighted by Gasteiger charge is 2.20. The topological polar surface area (TPSA) is 99.3 Å². The number of sulfonamides is 1. The molecule has 8 heteroatoms. The molecule has 6 nitrogen and oxygen atoms in total.